The molecule has 1 aliphatic carbocycles. The van der Waals surface area contributed by atoms with E-state index in [4.69, 9.17) is 5.73 Å². The van der Waals surface area contributed by atoms with E-state index < -0.39 is 0 Å². The predicted molar refractivity (Wildman–Crippen MR) is 81.6 cm³/mol. The van der Waals surface area contributed by atoms with E-state index in [1.54, 1.807) is 0 Å². The van der Waals surface area contributed by atoms with Crippen molar-refractivity contribution >= 4 is 22.7 Å². The molecule has 0 atom stereocenters. The van der Waals surface area contributed by atoms with Crippen molar-refractivity contribution in [2.24, 2.45) is 5.41 Å². The quantitative estimate of drug-likeness (QED) is 0.645. The summed E-state index contributed by atoms with van der Waals surface area (Å²) in [4.78, 5) is 7.73. The summed E-state index contributed by atoms with van der Waals surface area (Å²) < 4.78 is 0. The third-order valence-corrected chi connectivity index (χ3v) is 4.39. The minimum Gasteiger partial charge on any atom is -0.399 e. The number of imidazole rings is 1. The summed E-state index contributed by atoms with van der Waals surface area (Å²) in [5, 5.41) is 13.1. The number of aromatic nitrogens is 2. The number of nitrogens with one attached hydrogen (secondary N) is 2. The molecule has 0 saturated heterocycles. The van der Waals surface area contributed by atoms with Crippen LogP contribution in [-0.4, -0.2) is 28.2 Å². The maximum Gasteiger partial charge on any atom is 0.201 e. The molecule has 0 spiro atoms. The standard InChI is InChI=1S/C15H22N4O/c16-11-4-5-12-13(8-11)19-14(18-12)17-9-15(10-20)6-2-1-3-7-15/h4-5,8,20H,1-3,6-7,9-10,16H2,(H2,17,18,19). The normalized spacial score (nSPS) is 18.2. The van der Waals surface area contributed by atoms with Crippen LogP contribution in [0.5, 0.6) is 0 Å². The summed E-state index contributed by atoms with van der Waals surface area (Å²) in [7, 11) is 0. The first-order valence-electron chi connectivity index (χ1n) is 7.31. The number of benzene rings is 1. The Labute approximate surface area is 118 Å². The van der Waals surface area contributed by atoms with E-state index in [1.165, 1.54) is 19.3 Å². The van der Waals surface area contributed by atoms with Crippen LogP contribution in [0.3, 0.4) is 0 Å². The van der Waals surface area contributed by atoms with Gasteiger partial charge in [0.15, 0.2) is 0 Å². The fraction of sp³-hybridized carbons (Fsp3) is 0.533. The van der Waals surface area contributed by atoms with Gasteiger partial charge in [0.1, 0.15) is 0 Å². The van der Waals surface area contributed by atoms with E-state index in [9.17, 15) is 5.11 Å². The first-order valence-corrected chi connectivity index (χ1v) is 7.31. The molecule has 5 N–H and O–H groups in total. The highest BCUT2D eigenvalue weighted by Gasteiger charge is 2.31. The monoisotopic (exact) mass is 274 g/mol. The number of rotatable bonds is 4. The van der Waals surface area contributed by atoms with Crippen molar-refractivity contribution in [1.82, 2.24) is 9.97 Å². The molecule has 1 aliphatic rings. The zero-order chi connectivity index (χ0) is 14.0. The van der Waals surface area contributed by atoms with Crippen LogP contribution in [0.1, 0.15) is 32.1 Å². The molecule has 5 nitrogen and oxygen atoms in total. The summed E-state index contributed by atoms with van der Waals surface area (Å²) in [6.07, 6.45) is 5.87. The Balaban J connectivity index is 1.72. The van der Waals surface area contributed by atoms with Gasteiger partial charge in [-0.15, -0.1) is 0 Å². The fourth-order valence-corrected chi connectivity index (χ4v) is 3.07. The molecular weight excluding hydrogens is 252 g/mol. The molecule has 0 bridgehead atoms. The summed E-state index contributed by atoms with van der Waals surface area (Å²) in [5.41, 5.74) is 8.35. The first kappa shape index (κ1) is 13.2. The second-order valence-electron chi connectivity index (χ2n) is 5.93. The second kappa shape index (κ2) is 5.32. The van der Waals surface area contributed by atoms with Crippen LogP contribution in [0.2, 0.25) is 0 Å². The summed E-state index contributed by atoms with van der Waals surface area (Å²) in [5.74, 6) is 0.754. The molecule has 20 heavy (non-hydrogen) atoms. The van der Waals surface area contributed by atoms with Gasteiger partial charge in [0.25, 0.3) is 0 Å². The smallest absolute Gasteiger partial charge is 0.201 e. The predicted octanol–water partition coefficient (Wildman–Crippen LogP) is 2.50. The number of nitrogens with two attached hydrogens (primary N) is 1. The van der Waals surface area contributed by atoms with Gasteiger partial charge in [0.2, 0.25) is 5.95 Å². The lowest BCUT2D eigenvalue weighted by atomic mass is 9.74. The Hall–Kier alpha value is -1.75. The number of hydrogen-bond acceptors (Lipinski definition) is 4. The molecule has 0 radical (unpaired) electrons. The van der Waals surface area contributed by atoms with E-state index in [-0.39, 0.29) is 12.0 Å². The molecule has 0 unspecified atom stereocenters. The van der Waals surface area contributed by atoms with Crippen molar-refractivity contribution in [2.75, 3.05) is 24.2 Å². The topological polar surface area (TPSA) is 87.0 Å². The number of nitrogen functional groups attached to an aromatic ring is 1. The summed E-state index contributed by atoms with van der Waals surface area (Å²) >= 11 is 0. The van der Waals surface area contributed by atoms with Crippen LogP contribution >= 0.6 is 0 Å². The van der Waals surface area contributed by atoms with Crippen LogP contribution in [-0.2, 0) is 0 Å². The lowest BCUT2D eigenvalue weighted by Crippen LogP contribution is -2.35. The van der Waals surface area contributed by atoms with Gasteiger partial charge in [-0.1, -0.05) is 19.3 Å². The molecule has 1 heterocycles. The van der Waals surface area contributed by atoms with Crippen molar-refractivity contribution < 1.29 is 5.11 Å². The molecule has 108 valence electrons. The van der Waals surface area contributed by atoms with E-state index in [2.05, 4.69) is 15.3 Å². The van der Waals surface area contributed by atoms with Gasteiger partial charge in [-0.25, -0.2) is 4.98 Å². The zero-order valence-corrected chi connectivity index (χ0v) is 11.7. The number of aliphatic hydroxyl groups excluding tert-OH is 1. The number of fused-ring (bicyclic) bond motifs is 1. The Morgan fingerprint density at radius 1 is 1.30 bits per heavy atom. The average molecular weight is 274 g/mol. The zero-order valence-electron chi connectivity index (χ0n) is 11.7. The highest BCUT2D eigenvalue weighted by molar-refractivity contribution is 5.80. The SMILES string of the molecule is Nc1ccc2nc(NCC3(CO)CCCCC3)[nH]c2c1. The van der Waals surface area contributed by atoms with Gasteiger partial charge < -0.3 is 21.1 Å². The number of aliphatic hydroxyl groups is 1. The van der Waals surface area contributed by atoms with Gasteiger partial charge in [0, 0.05) is 17.6 Å². The number of hydrogen-bond donors (Lipinski definition) is 4. The summed E-state index contributed by atoms with van der Waals surface area (Å²) in [6, 6.07) is 5.65. The first-order chi connectivity index (χ1) is 9.71. The van der Waals surface area contributed by atoms with Crippen molar-refractivity contribution in [3.05, 3.63) is 18.2 Å². The van der Waals surface area contributed by atoms with Crippen molar-refractivity contribution in [3.8, 4) is 0 Å². The van der Waals surface area contributed by atoms with Crippen LogP contribution in [0, 0.1) is 5.41 Å². The molecular formula is C15H22N4O. The van der Waals surface area contributed by atoms with Gasteiger partial charge in [-0.3, -0.25) is 0 Å². The van der Waals surface area contributed by atoms with Crippen LogP contribution < -0.4 is 11.1 Å². The lowest BCUT2D eigenvalue weighted by molar-refractivity contribution is 0.0942. The molecule has 3 rings (SSSR count). The molecule has 2 aromatic rings. The van der Waals surface area contributed by atoms with Gasteiger partial charge in [-0.05, 0) is 31.0 Å². The van der Waals surface area contributed by atoms with Gasteiger partial charge in [0.05, 0.1) is 17.6 Å². The largest absolute Gasteiger partial charge is 0.399 e. The lowest BCUT2D eigenvalue weighted by Gasteiger charge is -2.35. The second-order valence-corrected chi connectivity index (χ2v) is 5.93. The minimum atomic E-state index is 0.0102. The number of anilines is 2. The molecule has 1 fully saturated rings. The summed E-state index contributed by atoms with van der Waals surface area (Å²) in [6.45, 7) is 1.01. The van der Waals surface area contributed by atoms with Crippen LogP contribution in [0.15, 0.2) is 18.2 Å². The molecule has 1 saturated carbocycles. The minimum absolute atomic E-state index is 0.0102. The molecule has 0 amide bonds. The Morgan fingerprint density at radius 2 is 2.10 bits per heavy atom. The van der Waals surface area contributed by atoms with E-state index in [0.717, 1.165) is 42.1 Å². The van der Waals surface area contributed by atoms with Crippen LogP contribution in [0.4, 0.5) is 11.6 Å². The highest BCUT2D eigenvalue weighted by Crippen LogP contribution is 2.35. The number of nitrogens with zero attached hydrogens (tertiary/aromatic N) is 1. The van der Waals surface area contributed by atoms with Crippen LogP contribution in [0.25, 0.3) is 11.0 Å². The van der Waals surface area contributed by atoms with Crippen molar-refractivity contribution in [2.45, 2.75) is 32.1 Å². The molecule has 5 heteroatoms. The van der Waals surface area contributed by atoms with Crippen molar-refractivity contribution in [1.29, 1.82) is 0 Å². The Morgan fingerprint density at radius 3 is 2.85 bits per heavy atom. The molecule has 1 aromatic carbocycles. The molecule has 1 aromatic heterocycles. The molecule has 0 aliphatic heterocycles. The van der Waals surface area contributed by atoms with E-state index >= 15 is 0 Å². The highest BCUT2D eigenvalue weighted by atomic mass is 16.3. The van der Waals surface area contributed by atoms with Gasteiger partial charge >= 0.3 is 0 Å². The Bertz CT molecular complexity index is 587. The fourth-order valence-electron chi connectivity index (χ4n) is 3.07. The average Bonchev–Trinajstić information content (AvgIpc) is 2.88. The maximum absolute atomic E-state index is 9.71. The van der Waals surface area contributed by atoms with Crippen molar-refractivity contribution in [3.63, 3.8) is 0 Å². The number of aromatic amines is 1. The van der Waals surface area contributed by atoms with E-state index in [0.29, 0.717) is 0 Å². The third-order valence-electron chi connectivity index (χ3n) is 4.39. The van der Waals surface area contributed by atoms with Gasteiger partial charge in [-0.2, -0.15) is 0 Å². The maximum atomic E-state index is 9.71. The number of H-pyrrole nitrogens is 1. The van der Waals surface area contributed by atoms with E-state index in [1.807, 2.05) is 18.2 Å². The third kappa shape index (κ3) is 2.58. The Kier molecular flexibility index (Phi) is 3.53.